The van der Waals surface area contributed by atoms with Crippen LogP contribution in [0.1, 0.15) is 34.1 Å². The average molecular weight is 435 g/mol. The summed E-state index contributed by atoms with van der Waals surface area (Å²) in [5, 5.41) is 4.29. The summed E-state index contributed by atoms with van der Waals surface area (Å²) in [7, 11) is 0. The molecule has 0 aliphatic heterocycles. The number of carbonyl (C=O) groups excluding carboxylic acids is 1. The number of nitrogens with one attached hydrogen (secondary N) is 1. The van der Waals surface area contributed by atoms with E-state index < -0.39 is 0 Å². The number of hydrogen-bond acceptors (Lipinski definition) is 2. The van der Waals surface area contributed by atoms with Crippen LogP contribution >= 0.6 is 33.9 Å². The number of hydrogen-bond donors (Lipinski definition) is 1. The van der Waals surface area contributed by atoms with Crippen molar-refractivity contribution in [2.75, 3.05) is 5.32 Å². The topological polar surface area (TPSA) is 29.1 Å². The van der Waals surface area contributed by atoms with Crippen molar-refractivity contribution < 1.29 is 4.79 Å². The Morgan fingerprint density at radius 2 is 2.00 bits per heavy atom. The summed E-state index contributed by atoms with van der Waals surface area (Å²) in [6.07, 6.45) is 1.96. The van der Waals surface area contributed by atoms with Gasteiger partial charge in [0.25, 0.3) is 5.91 Å². The molecule has 0 aliphatic carbocycles. The van der Waals surface area contributed by atoms with Gasteiger partial charge in [-0.3, -0.25) is 4.79 Å². The molecule has 0 bridgehead atoms. The second kappa shape index (κ2) is 7.01. The molecular formula is C19H18INOS. The molecule has 3 aromatic rings. The van der Waals surface area contributed by atoms with Crippen molar-refractivity contribution in [2.24, 2.45) is 0 Å². The van der Waals surface area contributed by atoms with E-state index >= 15 is 0 Å². The highest BCUT2D eigenvalue weighted by Gasteiger charge is 2.18. The molecule has 0 spiro atoms. The van der Waals surface area contributed by atoms with Crippen molar-refractivity contribution in [1.29, 1.82) is 0 Å². The molecule has 1 aromatic heterocycles. The third-order valence-electron chi connectivity index (χ3n) is 3.84. The standard InChI is InChI=1S/C19H18INOS/c1-3-6-15-14-7-4-5-8-17(14)23-18(15)19(22)21-16-10-9-13(20)11-12(16)2/h4-5,7-11H,3,6H2,1-2H3,(H,21,22). The van der Waals surface area contributed by atoms with Gasteiger partial charge in [0.1, 0.15) is 0 Å². The molecule has 0 fully saturated rings. The summed E-state index contributed by atoms with van der Waals surface area (Å²) < 4.78 is 2.35. The van der Waals surface area contributed by atoms with E-state index in [1.165, 1.54) is 19.2 Å². The molecule has 3 rings (SSSR count). The van der Waals surface area contributed by atoms with Crippen LogP contribution in [0, 0.1) is 10.5 Å². The molecule has 4 heteroatoms. The van der Waals surface area contributed by atoms with E-state index in [0.717, 1.165) is 29.0 Å². The zero-order valence-electron chi connectivity index (χ0n) is 13.2. The van der Waals surface area contributed by atoms with Crippen molar-refractivity contribution in [3.05, 3.63) is 62.0 Å². The first-order chi connectivity index (χ1) is 11.1. The predicted molar refractivity (Wildman–Crippen MR) is 108 cm³/mol. The molecule has 0 saturated carbocycles. The first-order valence-corrected chi connectivity index (χ1v) is 9.57. The van der Waals surface area contributed by atoms with Gasteiger partial charge in [0.05, 0.1) is 4.88 Å². The summed E-state index contributed by atoms with van der Waals surface area (Å²) in [5.74, 6) is -0.000965. The number of carbonyl (C=O) groups is 1. The highest BCUT2D eigenvalue weighted by molar-refractivity contribution is 14.1. The SMILES string of the molecule is CCCc1c(C(=O)Nc2ccc(I)cc2C)sc2ccccc12. The summed E-state index contributed by atoms with van der Waals surface area (Å²) in [4.78, 5) is 13.7. The van der Waals surface area contributed by atoms with Gasteiger partial charge in [-0.25, -0.2) is 0 Å². The van der Waals surface area contributed by atoms with E-state index in [1.807, 2.05) is 31.2 Å². The maximum Gasteiger partial charge on any atom is 0.266 e. The zero-order chi connectivity index (χ0) is 16.4. The molecule has 1 N–H and O–H groups in total. The van der Waals surface area contributed by atoms with Crippen molar-refractivity contribution in [3.8, 4) is 0 Å². The maximum absolute atomic E-state index is 12.8. The number of thiophene rings is 1. The lowest BCUT2D eigenvalue weighted by molar-refractivity contribution is 0.102. The summed E-state index contributed by atoms with van der Waals surface area (Å²) in [5.41, 5.74) is 3.15. The number of fused-ring (bicyclic) bond motifs is 1. The Balaban J connectivity index is 1.98. The van der Waals surface area contributed by atoms with Crippen LogP contribution in [0.15, 0.2) is 42.5 Å². The highest BCUT2D eigenvalue weighted by atomic mass is 127. The Kier molecular flexibility index (Phi) is 5.02. The first kappa shape index (κ1) is 16.5. The Labute approximate surface area is 154 Å². The second-order valence-electron chi connectivity index (χ2n) is 5.57. The smallest absolute Gasteiger partial charge is 0.266 e. The quantitative estimate of drug-likeness (QED) is 0.499. The molecule has 0 radical (unpaired) electrons. The van der Waals surface area contributed by atoms with Crippen LogP contribution in [0.2, 0.25) is 0 Å². The second-order valence-corrected chi connectivity index (χ2v) is 7.87. The number of anilines is 1. The molecule has 23 heavy (non-hydrogen) atoms. The van der Waals surface area contributed by atoms with Gasteiger partial charge in [0.15, 0.2) is 0 Å². The van der Waals surface area contributed by atoms with Crippen molar-refractivity contribution >= 4 is 55.6 Å². The number of benzene rings is 2. The Morgan fingerprint density at radius 3 is 2.74 bits per heavy atom. The van der Waals surface area contributed by atoms with Gasteiger partial charge in [0, 0.05) is 14.0 Å². The van der Waals surface area contributed by atoms with E-state index in [2.05, 4.69) is 53.0 Å². The van der Waals surface area contributed by atoms with Gasteiger partial charge in [-0.2, -0.15) is 0 Å². The van der Waals surface area contributed by atoms with Crippen molar-refractivity contribution in [3.63, 3.8) is 0 Å². The summed E-state index contributed by atoms with van der Waals surface area (Å²) in [6.45, 7) is 4.17. The molecule has 0 saturated heterocycles. The maximum atomic E-state index is 12.8. The van der Waals surface area contributed by atoms with E-state index in [-0.39, 0.29) is 5.91 Å². The molecule has 1 amide bonds. The molecule has 1 heterocycles. The van der Waals surface area contributed by atoms with Crippen LogP contribution in [0.3, 0.4) is 0 Å². The highest BCUT2D eigenvalue weighted by Crippen LogP contribution is 2.33. The Morgan fingerprint density at radius 1 is 1.22 bits per heavy atom. The van der Waals surface area contributed by atoms with Crippen molar-refractivity contribution in [2.45, 2.75) is 26.7 Å². The number of amides is 1. The molecule has 2 aromatic carbocycles. The van der Waals surface area contributed by atoms with Crippen LogP contribution in [0.4, 0.5) is 5.69 Å². The normalized spacial score (nSPS) is 10.9. The van der Waals surface area contributed by atoms with Crippen LogP contribution in [-0.2, 0) is 6.42 Å². The molecule has 0 unspecified atom stereocenters. The number of rotatable bonds is 4. The minimum absolute atomic E-state index is 0.000965. The first-order valence-electron chi connectivity index (χ1n) is 7.68. The minimum Gasteiger partial charge on any atom is -0.321 e. The van der Waals surface area contributed by atoms with Crippen LogP contribution in [0.5, 0.6) is 0 Å². The Bertz CT molecular complexity index is 869. The van der Waals surface area contributed by atoms with E-state index in [0.29, 0.717) is 0 Å². The number of aryl methyl sites for hydroxylation is 2. The van der Waals surface area contributed by atoms with Crippen LogP contribution < -0.4 is 5.32 Å². The lowest BCUT2D eigenvalue weighted by Crippen LogP contribution is -2.13. The fraction of sp³-hybridized carbons (Fsp3) is 0.211. The van der Waals surface area contributed by atoms with Gasteiger partial charge >= 0.3 is 0 Å². The summed E-state index contributed by atoms with van der Waals surface area (Å²) >= 11 is 3.87. The molecule has 0 aliphatic rings. The van der Waals surface area contributed by atoms with E-state index in [9.17, 15) is 4.79 Å². The van der Waals surface area contributed by atoms with Crippen LogP contribution in [0.25, 0.3) is 10.1 Å². The molecule has 0 atom stereocenters. The van der Waals surface area contributed by atoms with E-state index in [4.69, 9.17) is 0 Å². The third kappa shape index (κ3) is 3.43. The Hall–Kier alpha value is -1.40. The number of halogens is 1. The summed E-state index contributed by atoms with van der Waals surface area (Å²) in [6, 6.07) is 14.3. The van der Waals surface area contributed by atoms with E-state index in [1.54, 1.807) is 11.3 Å². The van der Waals surface area contributed by atoms with Crippen LogP contribution in [-0.4, -0.2) is 5.91 Å². The third-order valence-corrected chi connectivity index (χ3v) is 5.72. The monoisotopic (exact) mass is 435 g/mol. The lowest BCUT2D eigenvalue weighted by Gasteiger charge is -2.09. The van der Waals surface area contributed by atoms with Gasteiger partial charge in [-0.1, -0.05) is 31.5 Å². The van der Waals surface area contributed by atoms with Gasteiger partial charge in [-0.05, 0) is 76.7 Å². The van der Waals surface area contributed by atoms with Crippen molar-refractivity contribution in [1.82, 2.24) is 0 Å². The minimum atomic E-state index is -0.000965. The molecule has 2 nitrogen and oxygen atoms in total. The molecule has 118 valence electrons. The lowest BCUT2D eigenvalue weighted by atomic mass is 10.1. The van der Waals surface area contributed by atoms with Gasteiger partial charge in [0.2, 0.25) is 0 Å². The predicted octanol–water partition coefficient (Wildman–Crippen LogP) is 6.02. The fourth-order valence-electron chi connectivity index (χ4n) is 2.73. The largest absolute Gasteiger partial charge is 0.321 e. The fourth-order valence-corrected chi connectivity index (χ4v) is 4.52. The average Bonchev–Trinajstić information content (AvgIpc) is 2.90. The zero-order valence-corrected chi connectivity index (χ0v) is 16.1. The van der Waals surface area contributed by atoms with Gasteiger partial charge < -0.3 is 5.32 Å². The van der Waals surface area contributed by atoms with Gasteiger partial charge in [-0.15, -0.1) is 11.3 Å². The molecular weight excluding hydrogens is 417 g/mol.